The predicted octanol–water partition coefficient (Wildman–Crippen LogP) is 4.09. The van der Waals surface area contributed by atoms with Crippen molar-refractivity contribution in [3.8, 4) is 17.1 Å². The van der Waals surface area contributed by atoms with Crippen molar-refractivity contribution in [2.75, 3.05) is 12.4 Å². The Morgan fingerprint density at radius 2 is 1.92 bits per heavy atom. The van der Waals surface area contributed by atoms with E-state index in [1.165, 1.54) is 6.92 Å². The fourth-order valence-electron chi connectivity index (χ4n) is 2.80. The molecule has 0 saturated heterocycles. The average molecular weight is 350 g/mol. The number of amides is 1. The van der Waals surface area contributed by atoms with Gasteiger partial charge in [-0.2, -0.15) is 0 Å². The number of methoxy groups -OCH3 is 1. The van der Waals surface area contributed by atoms with Gasteiger partial charge in [-0.05, 0) is 30.7 Å². The van der Waals surface area contributed by atoms with E-state index in [1.807, 2.05) is 31.2 Å². The number of hydrogen-bond acceptors (Lipinski definition) is 5. The normalized spacial score (nSPS) is 11.0. The molecule has 0 bridgehead atoms. The van der Waals surface area contributed by atoms with Crippen LogP contribution < -0.4 is 10.1 Å². The molecule has 2 heterocycles. The summed E-state index contributed by atoms with van der Waals surface area (Å²) in [6, 6.07) is 7.59. The minimum absolute atomic E-state index is 0.146. The number of fused-ring (bicyclic) bond motifs is 1. The zero-order valence-corrected chi connectivity index (χ0v) is 15.6. The van der Waals surface area contributed by atoms with Crippen molar-refractivity contribution in [3.05, 3.63) is 41.9 Å². The number of aromatic nitrogens is 3. The zero-order chi connectivity index (χ0) is 18.8. The first kappa shape index (κ1) is 17.8. The Bertz CT molecular complexity index is 983. The number of ether oxygens (including phenoxy) is 1. The van der Waals surface area contributed by atoms with E-state index in [4.69, 9.17) is 9.72 Å². The molecule has 0 aliphatic carbocycles. The second-order valence-electron chi connectivity index (χ2n) is 6.53. The number of aryl methyl sites for hydroxylation is 1. The van der Waals surface area contributed by atoms with Crippen LogP contribution in [-0.4, -0.2) is 28.0 Å². The highest BCUT2D eigenvalue weighted by molar-refractivity contribution is 5.96. The van der Waals surface area contributed by atoms with Gasteiger partial charge < -0.3 is 10.1 Å². The van der Waals surface area contributed by atoms with Crippen molar-refractivity contribution < 1.29 is 9.53 Å². The Hall–Kier alpha value is -3.02. The van der Waals surface area contributed by atoms with E-state index in [0.717, 1.165) is 33.7 Å². The summed E-state index contributed by atoms with van der Waals surface area (Å²) in [5.41, 5.74) is 4.04. The van der Waals surface area contributed by atoms with Gasteiger partial charge in [0.15, 0.2) is 0 Å². The molecule has 0 aliphatic rings. The molecule has 26 heavy (non-hydrogen) atoms. The molecule has 0 atom stereocenters. The number of nitrogens with zero attached hydrogens (tertiary/aromatic N) is 3. The molecule has 0 radical (unpaired) electrons. The predicted molar refractivity (Wildman–Crippen MR) is 102 cm³/mol. The van der Waals surface area contributed by atoms with Crippen LogP contribution in [0.25, 0.3) is 22.3 Å². The zero-order valence-electron chi connectivity index (χ0n) is 15.6. The molecule has 1 amide bonds. The first-order chi connectivity index (χ1) is 12.4. The lowest BCUT2D eigenvalue weighted by molar-refractivity contribution is -0.114. The third-order valence-electron chi connectivity index (χ3n) is 4.10. The summed E-state index contributed by atoms with van der Waals surface area (Å²) in [5, 5.41) is 3.75. The van der Waals surface area contributed by atoms with Crippen LogP contribution in [0.4, 0.5) is 5.69 Å². The van der Waals surface area contributed by atoms with Crippen LogP contribution >= 0.6 is 0 Å². The van der Waals surface area contributed by atoms with Gasteiger partial charge in [0.05, 0.1) is 29.7 Å². The quantitative estimate of drug-likeness (QED) is 0.767. The van der Waals surface area contributed by atoms with Gasteiger partial charge in [-0.3, -0.25) is 4.79 Å². The van der Waals surface area contributed by atoms with E-state index >= 15 is 0 Å². The number of nitrogens with one attached hydrogen (secondary N) is 1. The summed E-state index contributed by atoms with van der Waals surface area (Å²) in [4.78, 5) is 25.1. The Morgan fingerprint density at radius 1 is 1.15 bits per heavy atom. The van der Waals surface area contributed by atoms with E-state index in [1.54, 1.807) is 13.3 Å². The Morgan fingerprint density at radius 3 is 2.58 bits per heavy atom. The Balaban J connectivity index is 2.16. The van der Waals surface area contributed by atoms with Crippen LogP contribution in [0.1, 0.15) is 38.1 Å². The first-order valence-corrected chi connectivity index (χ1v) is 8.49. The number of benzene rings is 1. The molecule has 0 fully saturated rings. The molecule has 6 heteroatoms. The second kappa shape index (κ2) is 7.07. The largest absolute Gasteiger partial charge is 0.494 e. The van der Waals surface area contributed by atoms with Gasteiger partial charge in [-0.15, -0.1) is 0 Å². The van der Waals surface area contributed by atoms with Crippen LogP contribution in [0.5, 0.6) is 5.75 Å². The number of pyridine rings is 1. The number of rotatable bonds is 4. The van der Waals surface area contributed by atoms with Crippen LogP contribution in [-0.2, 0) is 4.79 Å². The molecule has 0 saturated carbocycles. The van der Waals surface area contributed by atoms with Gasteiger partial charge in [-0.1, -0.05) is 13.8 Å². The number of anilines is 1. The molecule has 0 spiro atoms. The lowest BCUT2D eigenvalue weighted by Crippen LogP contribution is -2.07. The highest BCUT2D eigenvalue weighted by atomic mass is 16.5. The van der Waals surface area contributed by atoms with Gasteiger partial charge in [0.2, 0.25) is 5.91 Å². The minimum Gasteiger partial charge on any atom is -0.494 e. The molecule has 1 N–H and O–H groups in total. The first-order valence-electron chi connectivity index (χ1n) is 8.49. The SMILES string of the molecule is COc1cc2nc(-c3ccnc(C(C)C)n3)cc(C)c2cc1NC(C)=O. The van der Waals surface area contributed by atoms with Gasteiger partial charge >= 0.3 is 0 Å². The van der Waals surface area contributed by atoms with Crippen LogP contribution in [0, 0.1) is 6.92 Å². The second-order valence-corrected chi connectivity index (χ2v) is 6.53. The number of carbonyl (C=O) groups excluding carboxylic acids is 1. The lowest BCUT2D eigenvalue weighted by Gasteiger charge is -2.13. The summed E-state index contributed by atoms with van der Waals surface area (Å²) in [7, 11) is 1.57. The van der Waals surface area contributed by atoms with E-state index in [-0.39, 0.29) is 11.8 Å². The van der Waals surface area contributed by atoms with E-state index in [2.05, 4.69) is 29.1 Å². The topological polar surface area (TPSA) is 77.0 Å². The molecular formula is C20H22N4O2. The van der Waals surface area contributed by atoms with Gasteiger partial charge in [0.25, 0.3) is 0 Å². The minimum atomic E-state index is -0.146. The highest BCUT2D eigenvalue weighted by Gasteiger charge is 2.13. The molecule has 0 unspecified atom stereocenters. The monoisotopic (exact) mass is 350 g/mol. The molecule has 1 aromatic carbocycles. The maximum absolute atomic E-state index is 11.4. The smallest absolute Gasteiger partial charge is 0.221 e. The lowest BCUT2D eigenvalue weighted by atomic mass is 10.1. The average Bonchev–Trinajstić information content (AvgIpc) is 2.61. The maximum Gasteiger partial charge on any atom is 0.221 e. The van der Waals surface area contributed by atoms with Gasteiger partial charge in [0.1, 0.15) is 11.6 Å². The third-order valence-corrected chi connectivity index (χ3v) is 4.10. The number of hydrogen-bond donors (Lipinski definition) is 1. The fraction of sp³-hybridized carbons (Fsp3) is 0.300. The van der Waals surface area contributed by atoms with E-state index < -0.39 is 0 Å². The summed E-state index contributed by atoms with van der Waals surface area (Å²) in [6.07, 6.45) is 1.76. The van der Waals surface area contributed by atoms with Crippen molar-refractivity contribution >= 4 is 22.5 Å². The summed E-state index contributed by atoms with van der Waals surface area (Å²) in [6.45, 7) is 7.61. The Labute approximate surface area is 152 Å². The van der Waals surface area contributed by atoms with Crippen LogP contribution in [0.15, 0.2) is 30.5 Å². The summed E-state index contributed by atoms with van der Waals surface area (Å²) < 4.78 is 5.41. The van der Waals surface area contributed by atoms with E-state index in [0.29, 0.717) is 11.4 Å². The highest BCUT2D eigenvalue weighted by Crippen LogP contribution is 2.32. The van der Waals surface area contributed by atoms with Crippen molar-refractivity contribution in [1.82, 2.24) is 15.0 Å². The Kier molecular flexibility index (Phi) is 4.84. The van der Waals surface area contributed by atoms with Crippen molar-refractivity contribution in [3.63, 3.8) is 0 Å². The molecule has 134 valence electrons. The molecule has 0 aliphatic heterocycles. The van der Waals surface area contributed by atoms with Crippen molar-refractivity contribution in [2.24, 2.45) is 0 Å². The third kappa shape index (κ3) is 3.49. The number of carbonyl (C=O) groups is 1. The van der Waals surface area contributed by atoms with Gasteiger partial charge in [-0.25, -0.2) is 15.0 Å². The van der Waals surface area contributed by atoms with Crippen LogP contribution in [0.3, 0.4) is 0 Å². The van der Waals surface area contributed by atoms with Crippen molar-refractivity contribution in [1.29, 1.82) is 0 Å². The van der Waals surface area contributed by atoms with Crippen molar-refractivity contribution in [2.45, 2.75) is 33.6 Å². The summed E-state index contributed by atoms with van der Waals surface area (Å²) in [5.74, 6) is 1.46. The van der Waals surface area contributed by atoms with E-state index in [9.17, 15) is 4.79 Å². The molecular weight excluding hydrogens is 328 g/mol. The maximum atomic E-state index is 11.4. The molecule has 6 nitrogen and oxygen atoms in total. The molecule has 3 aromatic rings. The van der Waals surface area contributed by atoms with Gasteiger partial charge in [0, 0.05) is 30.5 Å². The summed E-state index contributed by atoms with van der Waals surface area (Å²) >= 11 is 0. The molecule has 2 aromatic heterocycles. The standard InChI is InChI=1S/C20H22N4O2/c1-11(2)20-21-7-6-15(24-20)17-8-12(3)14-9-18(22-13(4)25)19(26-5)10-16(14)23-17/h6-11H,1-5H3,(H,22,25). The fourth-order valence-corrected chi connectivity index (χ4v) is 2.80. The molecule has 3 rings (SSSR count). The van der Waals surface area contributed by atoms with Crippen LogP contribution in [0.2, 0.25) is 0 Å².